The minimum absolute atomic E-state index is 0.735. The highest BCUT2D eigenvalue weighted by Crippen LogP contribution is 2.23. The second-order valence-corrected chi connectivity index (χ2v) is 4.45. The molecule has 0 fully saturated rings. The highest BCUT2D eigenvalue weighted by Gasteiger charge is 2.06. The predicted molar refractivity (Wildman–Crippen MR) is 71.5 cm³/mol. The average Bonchev–Trinajstić information content (AvgIpc) is 3.01. The van der Waals surface area contributed by atoms with E-state index < -0.39 is 0 Å². The van der Waals surface area contributed by atoms with Crippen molar-refractivity contribution in [3.8, 4) is 11.1 Å². The maximum atomic E-state index is 4.35. The van der Waals surface area contributed by atoms with E-state index in [1.165, 1.54) is 0 Å². The van der Waals surface area contributed by atoms with Gasteiger partial charge in [-0.15, -0.1) is 0 Å². The Labute approximate surface area is 107 Å². The molecule has 0 amide bonds. The summed E-state index contributed by atoms with van der Waals surface area (Å²) in [5, 5.41) is 7.79. The third-order valence-electron chi connectivity index (χ3n) is 3.08. The van der Waals surface area contributed by atoms with Gasteiger partial charge in [0.1, 0.15) is 5.82 Å². The highest BCUT2D eigenvalue weighted by atomic mass is 15.1. The van der Waals surface area contributed by atoms with Crippen molar-refractivity contribution in [1.29, 1.82) is 0 Å². The van der Waals surface area contributed by atoms with Crippen LogP contribution in [0.4, 0.5) is 0 Å². The molecule has 0 aliphatic rings. The van der Waals surface area contributed by atoms with Gasteiger partial charge in [-0.25, -0.2) is 15.0 Å². The Kier molecular flexibility index (Phi) is 1.94. The van der Waals surface area contributed by atoms with Crippen LogP contribution in [0.1, 0.15) is 5.82 Å². The second kappa shape index (κ2) is 3.61. The fourth-order valence-electron chi connectivity index (χ4n) is 2.17. The summed E-state index contributed by atoms with van der Waals surface area (Å²) in [7, 11) is 0. The van der Waals surface area contributed by atoms with Gasteiger partial charge < -0.3 is 4.98 Å². The van der Waals surface area contributed by atoms with Crippen LogP contribution in [0.5, 0.6) is 0 Å². The van der Waals surface area contributed by atoms with Gasteiger partial charge in [-0.1, -0.05) is 0 Å². The van der Waals surface area contributed by atoms with Crippen molar-refractivity contribution < 1.29 is 0 Å². The van der Waals surface area contributed by atoms with Crippen molar-refractivity contribution in [2.45, 2.75) is 6.92 Å². The molecule has 4 rings (SSSR count). The predicted octanol–water partition coefficient (Wildman–Crippen LogP) is 2.20. The van der Waals surface area contributed by atoms with E-state index in [1.807, 2.05) is 31.5 Å². The number of aryl methyl sites for hydroxylation is 1. The first-order chi connectivity index (χ1) is 9.29. The number of nitrogens with one attached hydrogen (secondary N) is 2. The van der Waals surface area contributed by atoms with Gasteiger partial charge >= 0.3 is 0 Å². The van der Waals surface area contributed by atoms with Crippen LogP contribution >= 0.6 is 0 Å². The fourth-order valence-corrected chi connectivity index (χ4v) is 2.17. The number of imidazole rings is 1. The molecule has 0 atom stereocenters. The number of H-pyrrole nitrogens is 2. The van der Waals surface area contributed by atoms with Crippen molar-refractivity contribution in [2.24, 2.45) is 0 Å². The number of nitrogens with zero attached hydrogens (tertiary/aromatic N) is 4. The van der Waals surface area contributed by atoms with Gasteiger partial charge in [0.05, 0.1) is 11.7 Å². The smallest absolute Gasteiger partial charge is 0.177 e. The van der Waals surface area contributed by atoms with E-state index in [1.54, 1.807) is 6.20 Å². The summed E-state index contributed by atoms with van der Waals surface area (Å²) in [4.78, 5) is 16.2. The quantitative estimate of drug-likeness (QED) is 0.542. The van der Waals surface area contributed by atoms with Crippen LogP contribution in [0.15, 0.2) is 30.7 Å². The van der Waals surface area contributed by atoms with Gasteiger partial charge in [-0.05, 0) is 19.1 Å². The van der Waals surface area contributed by atoms with E-state index >= 15 is 0 Å². The van der Waals surface area contributed by atoms with E-state index in [4.69, 9.17) is 0 Å². The van der Waals surface area contributed by atoms with Crippen LogP contribution in [-0.4, -0.2) is 30.1 Å². The third-order valence-corrected chi connectivity index (χ3v) is 3.08. The molecular weight excluding hydrogens is 240 g/mol. The van der Waals surface area contributed by atoms with Crippen LogP contribution in [0.25, 0.3) is 33.3 Å². The molecule has 0 aliphatic heterocycles. The van der Waals surface area contributed by atoms with Gasteiger partial charge in [0.2, 0.25) is 0 Å². The summed E-state index contributed by atoms with van der Waals surface area (Å²) < 4.78 is 0. The fraction of sp³-hybridized carbons (Fsp3) is 0.0769. The van der Waals surface area contributed by atoms with Crippen LogP contribution in [0, 0.1) is 6.92 Å². The van der Waals surface area contributed by atoms with Crippen molar-refractivity contribution in [3.63, 3.8) is 0 Å². The molecule has 0 unspecified atom stereocenters. The van der Waals surface area contributed by atoms with Crippen LogP contribution in [0.3, 0.4) is 0 Å². The number of pyridine rings is 2. The van der Waals surface area contributed by atoms with Crippen LogP contribution in [0.2, 0.25) is 0 Å². The normalized spacial score (nSPS) is 11.4. The van der Waals surface area contributed by atoms with E-state index in [-0.39, 0.29) is 0 Å². The molecular formula is C13H10N6. The van der Waals surface area contributed by atoms with E-state index in [0.717, 1.165) is 39.1 Å². The van der Waals surface area contributed by atoms with Gasteiger partial charge in [0.25, 0.3) is 0 Å². The zero-order chi connectivity index (χ0) is 12.8. The number of hydrogen-bond donors (Lipinski definition) is 2. The number of hydrogen-bond acceptors (Lipinski definition) is 4. The van der Waals surface area contributed by atoms with Gasteiger partial charge in [-0.3, -0.25) is 5.10 Å². The zero-order valence-corrected chi connectivity index (χ0v) is 10.2. The lowest BCUT2D eigenvalue weighted by atomic mass is 10.1. The lowest BCUT2D eigenvalue weighted by Gasteiger charge is -2.00. The van der Waals surface area contributed by atoms with Crippen LogP contribution < -0.4 is 0 Å². The summed E-state index contributed by atoms with van der Waals surface area (Å²) in [5.74, 6) is 0.864. The Morgan fingerprint density at radius 1 is 1.00 bits per heavy atom. The number of aromatic amines is 2. The Hall–Kier alpha value is -2.76. The molecule has 0 saturated heterocycles. The first-order valence-corrected chi connectivity index (χ1v) is 5.91. The molecule has 2 N–H and O–H groups in total. The van der Waals surface area contributed by atoms with Gasteiger partial charge in [-0.2, -0.15) is 5.10 Å². The maximum absolute atomic E-state index is 4.35. The summed E-state index contributed by atoms with van der Waals surface area (Å²) in [6.45, 7) is 1.92. The van der Waals surface area contributed by atoms with E-state index in [2.05, 4.69) is 30.1 Å². The highest BCUT2D eigenvalue weighted by molar-refractivity contribution is 5.83. The van der Waals surface area contributed by atoms with Gasteiger partial charge in [0.15, 0.2) is 11.3 Å². The first-order valence-electron chi connectivity index (χ1n) is 5.91. The molecule has 0 aromatic carbocycles. The van der Waals surface area contributed by atoms with Crippen molar-refractivity contribution in [1.82, 2.24) is 30.1 Å². The summed E-state index contributed by atoms with van der Waals surface area (Å²) in [6.07, 6.45) is 5.39. The molecule has 0 spiro atoms. The van der Waals surface area contributed by atoms with E-state index in [9.17, 15) is 0 Å². The van der Waals surface area contributed by atoms with Crippen molar-refractivity contribution in [2.75, 3.05) is 0 Å². The first kappa shape index (κ1) is 10.2. The molecule has 0 saturated carbocycles. The standard InChI is InChI=1S/C13H10N6/c1-7-17-11-3-9(5-15-13(11)18-7)8-2-10-6-16-19-12(10)14-4-8/h2-6H,1H3,(H,14,16,19)(H,15,17,18). The molecule has 4 aromatic heterocycles. The summed E-state index contributed by atoms with van der Waals surface area (Å²) >= 11 is 0. The molecule has 0 bridgehead atoms. The molecule has 19 heavy (non-hydrogen) atoms. The minimum Gasteiger partial charge on any atom is -0.341 e. The molecule has 0 aliphatic carbocycles. The number of rotatable bonds is 1. The maximum Gasteiger partial charge on any atom is 0.177 e. The lowest BCUT2D eigenvalue weighted by Crippen LogP contribution is -1.84. The molecule has 4 aromatic rings. The van der Waals surface area contributed by atoms with E-state index in [0.29, 0.717) is 0 Å². The molecule has 4 heterocycles. The monoisotopic (exact) mass is 250 g/mol. The summed E-state index contributed by atoms with van der Waals surface area (Å²) in [5.41, 5.74) is 4.47. The van der Waals surface area contributed by atoms with Crippen molar-refractivity contribution >= 4 is 22.2 Å². The topological polar surface area (TPSA) is 83.1 Å². The SMILES string of the molecule is Cc1nc2ncc(-c3cnc4[nH]ncc4c3)cc2[nH]1. The molecule has 92 valence electrons. The Bertz CT molecular complexity index is 888. The van der Waals surface area contributed by atoms with Gasteiger partial charge in [0, 0.05) is 28.9 Å². The Morgan fingerprint density at radius 3 is 2.79 bits per heavy atom. The van der Waals surface area contributed by atoms with Crippen LogP contribution in [-0.2, 0) is 0 Å². The third kappa shape index (κ3) is 1.57. The van der Waals surface area contributed by atoms with Crippen molar-refractivity contribution in [3.05, 3.63) is 36.5 Å². The summed E-state index contributed by atoms with van der Waals surface area (Å²) in [6, 6.07) is 4.07. The molecule has 6 nitrogen and oxygen atoms in total. The minimum atomic E-state index is 0.735. The lowest BCUT2D eigenvalue weighted by molar-refractivity contribution is 1.10. The molecule has 0 radical (unpaired) electrons. The molecule has 6 heteroatoms. The Morgan fingerprint density at radius 2 is 1.84 bits per heavy atom. The largest absolute Gasteiger partial charge is 0.341 e. The zero-order valence-electron chi connectivity index (χ0n) is 10.2. The Balaban J connectivity index is 1.91. The average molecular weight is 250 g/mol. The number of fused-ring (bicyclic) bond motifs is 2. The number of aromatic nitrogens is 6. The second-order valence-electron chi connectivity index (χ2n) is 4.45.